The monoisotopic (exact) mass is 424 g/mol. The summed E-state index contributed by atoms with van der Waals surface area (Å²) in [6.45, 7) is 7.25. The highest BCUT2D eigenvalue weighted by Crippen LogP contribution is 2.27. The van der Waals surface area contributed by atoms with E-state index < -0.39 is 10.0 Å². The number of benzene rings is 2. The van der Waals surface area contributed by atoms with Crippen LogP contribution in [0.3, 0.4) is 0 Å². The third-order valence-electron chi connectivity index (χ3n) is 4.29. The van der Waals surface area contributed by atoms with Crippen molar-refractivity contribution in [3.8, 4) is 0 Å². The molecule has 0 aliphatic rings. The Kier molecular flexibility index (Phi) is 7.86. The fraction of sp³-hybridized carbons (Fsp3) is 0.350. The lowest BCUT2D eigenvalue weighted by molar-refractivity contribution is 0.0944. The van der Waals surface area contributed by atoms with Gasteiger partial charge in [-0.25, -0.2) is 8.42 Å². The zero-order chi connectivity index (χ0) is 20.7. The number of nitrogens with one attached hydrogen (secondary N) is 2. The summed E-state index contributed by atoms with van der Waals surface area (Å²) in [7, 11) is -3.95. The predicted molar refractivity (Wildman–Crippen MR) is 112 cm³/mol. The molecule has 0 fully saturated rings. The lowest BCUT2D eigenvalue weighted by atomic mass is 10.1. The average molecular weight is 425 g/mol. The Labute approximate surface area is 171 Å². The average Bonchev–Trinajstić information content (AvgIpc) is 2.65. The third kappa shape index (κ3) is 5.70. The first kappa shape index (κ1) is 22.2. The minimum Gasteiger partial charge on any atom is -0.382 e. The van der Waals surface area contributed by atoms with Gasteiger partial charge in [0.1, 0.15) is 4.90 Å². The van der Waals surface area contributed by atoms with Gasteiger partial charge in [0.15, 0.2) is 0 Å². The molecule has 0 bridgehead atoms. The number of amides is 1. The molecule has 0 unspecified atom stereocenters. The van der Waals surface area contributed by atoms with Crippen LogP contribution >= 0.6 is 11.6 Å². The van der Waals surface area contributed by atoms with Gasteiger partial charge in [0.05, 0.1) is 10.7 Å². The Morgan fingerprint density at radius 1 is 1.18 bits per heavy atom. The molecule has 0 heterocycles. The van der Waals surface area contributed by atoms with Gasteiger partial charge in [-0.3, -0.25) is 9.52 Å². The Morgan fingerprint density at radius 3 is 2.64 bits per heavy atom. The summed E-state index contributed by atoms with van der Waals surface area (Å²) in [5.74, 6) is -0.364. The molecule has 2 N–H and O–H groups in total. The van der Waals surface area contributed by atoms with E-state index in [1.807, 2.05) is 26.8 Å². The maximum atomic E-state index is 12.8. The van der Waals surface area contributed by atoms with E-state index in [9.17, 15) is 13.2 Å². The Balaban J connectivity index is 2.19. The number of carbonyl (C=O) groups excluding carboxylic acids is 1. The molecule has 2 rings (SSSR count). The van der Waals surface area contributed by atoms with E-state index in [2.05, 4.69) is 10.0 Å². The van der Waals surface area contributed by atoms with Crippen LogP contribution in [0.4, 0.5) is 5.69 Å². The normalized spacial score (nSPS) is 11.3. The fourth-order valence-electron chi connectivity index (χ4n) is 2.53. The summed E-state index contributed by atoms with van der Waals surface area (Å²) in [5, 5.41) is 2.79. The molecular weight excluding hydrogens is 400 g/mol. The zero-order valence-electron chi connectivity index (χ0n) is 16.2. The molecule has 152 valence electrons. The molecule has 6 nitrogen and oxygen atoms in total. The van der Waals surface area contributed by atoms with Crippen LogP contribution in [-0.4, -0.2) is 34.1 Å². The standard InChI is InChI=1S/C20H25ClN2O4S/c1-4-27-12-6-11-22-20(24)16-9-10-17(21)19(13-16)28(25,26)23-18-8-5-7-14(2)15(18)3/h5,7-10,13,23H,4,6,11-12H2,1-3H3,(H,22,24). The van der Waals surface area contributed by atoms with Gasteiger partial charge in [0, 0.05) is 25.3 Å². The number of hydrogen-bond donors (Lipinski definition) is 2. The smallest absolute Gasteiger partial charge is 0.263 e. The second kappa shape index (κ2) is 9.91. The van der Waals surface area contributed by atoms with E-state index in [0.29, 0.717) is 31.9 Å². The molecule has 0 aliphatic carbocycles. The maximum Gasteiger partial charge on any atom is 0.263 e. The molecule has 2 aromatic carbocycles. The number of carbonyl (C=O) groups is 1. The topological polar surface area (TPSA) is 84.5 Å². The summed E-state index contributed by atoms with van der Waals surface area (Å²) >= 11 is 6.12. The van der Waals surface area contributed by atoms with Gasteiger partial charge >= 0.3 is 0 Å². The second-order valence-corrected chi connectivity index (χ2v) is 8.36. The summed E-state index contributed by atoms with van der Waals surface area (Å²) in [6, 6.07) is 9.55. The van der Waals surface area contributed by atoms with Crippen LogP contribution in [-0.2, 0) is 14.8 Å². The fourth-order valence-corrected chi connectivity index (χ4v) is 4.18. The van der Waals surface area contributed by atoms with Gasteiger partial charge in [-0.2, -0.15) is 0 Å². The lowest BCUT2D eigenvalue weighted by Gasteiger charge is -2.14. The van der Waals surface area contributed by atoms with E-state index in [4.69, 9.17) is 16.3 Å². The van der Waals surface area contributed by atoms with Crippen LogP contribution < -0.4 is 10.0 Å². The highest BCUT2D eigenvalue weighted by atomic mass is 35.5. The Morgan fingerprint density at radius 2 is 1.93 bits per heavy atom. The Hall–Kier alpha value is -2.09. The molecule has 0 atom stereocenters. The molecular formula is C20H25ClN2O4S. The van der Waals surface area contributed by atoms with Crippen LogP contribution in [0.25, 0.3) is 0 Å². The molecule has 0 saturated heterocycles. The Bertz CT molecular complexity index is 945. The molecule has 0 radical (unpaired) electrons. The molecule has 0 aromatic heterocycles. The number of ether oxygens (including phenoxy) is 1. The molecule has 0 aliphatic heterocycles. The van der Waals surface area contributed by atoms with E-state index in [0.717, 1.165) is 11.1 Å². The largest absolute Gasteiger partial charge is 0.382 e. The van der Waals surface area contributed by atoms with Crippen molar-refractivity contribution in [1.82, 2.24) is 5.32 Å². The van der Waals surface area contributed by atoms with E-state index >= 15 is 0 Å². The molecule has 0 spiro atoms. The maximum absolute atomic E-state index is 12.8. The molecule has 1 amide bonds. The summed E-state index contributed by atoms with van der Waals surface area (Å²) in [6.07, 6.45) is 0.673. The van der Waals surface area contributed by atoms with E-state index in [-0.39, 0.29) is 21.4 Å². The number of aryl methyl sites for hydroxylation is 1. The van der Waals surface area contributed by atoms with Crippen LogP contribution in [0.1, 0.15) is 34.8 Å². The number of rotatable bonds is 9. The molecule has 0 saturated carbocycles. The van der Waals surface area contributed by atoms with Crippen molar-refractivity contribution in [3.05, 3.63) is 58.1 Å². The van der Waals surface area contributed by atoms with Crippen molar-refractivity contribution < 1.29 is 17.9 Å². The van der Waals surface area contributed by atoms with Crippen LogP contribution in [0.2, 0.25) is 5.02 Å². The van der Waals surface area contributed by atoms with Gasteiger partial charge < -0.3 is 10.1 Å². The number of sulfonamides is 1. The summed E-state index contributed by atoms with van der Waals surface area (Å²) in [4.78, 5) is 12.2. The number of halogens is 1. The minimum absolute atomic E-state index is 0.0469. The molecule has 28 heavy (non-hydrogen) atoms. The summed E-state index contributed by atoms with van der Waals surface area (Å²) in [5.41, 5.74) is 2.49. The van der Waals surface area contributed by atoms with E-state index in [1.165, 1.54) is 18.2 Å². The van der Waals surface area contributed by atoms with Crippen molar-refractivity contribution in [1.29, 1.82) is 0 Å². The highest BCUT2D eigenvalue weighted by Gasteiger charge is 2.21. The van der Waals surface area contributed by atoms with Crippen molar-refractivity contribution in [2.45, 2.75) is 32.1 Å². The minimum atomic E-state index is -3.95. The highest BCUT2D eigenvalue weighted by molar-refractivity contribution is 7.92. The quantitative estimate of drug-likeness (QED) is 0.597. The van der Waals surface area contributed by atoms with Crippen LogP contribution in [0.5, 0.6) is 0 Å². The van der Waals surface area contributed by atoms with Crippen LogP contribution in [0, 0.1) is 13.8 Å². The SMILES string of the molecule is CCOCCCNC(=O)c1ccc(Cl)c(S(=O)(=O)Nc2cccc(C)c2C)c1. The van der Waals surface area contributed by atoms with Crippen LogP contribution in [0.15, 0.2) is 41.3 Å². The van der Waals surface area contributed by atoms with Crippen molar-refractivity contribution in [2.24, 2.45) is 0 Å². The molecule has 8 heteroatoms. The third-order valence-corrected chi connectivity index (χ3v) is 6.13. The van der Waals surface area contributed by atoms with Crippen molar-refractivity contribution >= 4 is 33.2 Å². The van der Waals surface area contributed by atoms with Gasteiger partial charge in [-0.05, 0) is 62.6 Å². The van der Waals surface area contributed by atoms with Crippen molar-refractivity contribution in [3.63, 3.8) is 0 Å². The first-order chi connectivity index (χ1) is 13.3. The predicted octanol–water partition coefficient (Wildman–Crippen LogP) is 3.91. The summed E-state index contributed by atoms with van der Waals surface area (Å²) < 4.78 is 33.5. The lowest BCUT2D eigenvalue weighted by Crippen LogP contribution is -2.25. The van der Waals surface area contributed by atoms with Gasteiger partial charge in [0.25, 0.3) is 15.9 Å². The first-order valence-corrected chi connectivity index (χ1v) is 10.9. The van der Waals surface area contributed by atoms with Gasteiger partial charge in [-0.15, -0.1) is 0 Å². The number of hydrogen-bond acceptors (Lipinski definition) is 4. The number of anilines is 1. The van der Waals surface area contributed by atoms with E-state index in [1.54, 1.807) is 12.1 Å². The van der Waals surface area contributed by atoms with Gasteiger partial charge in [0.2, 0.25) is 0 Å². The first-order valence-electron chi connectivity index (χ1n) is 9.00. The van der Waals surface area contributed by atoms with Gasteiger partial charge in [-0.1, -0.05) is 23.7 Å². The van der Waals surface area contributed by atoms with Crippen molar-refractivity contribution in [2.75, 3.05) is 24.5 Å². The second-order valence-electron chi connectivity index (χ2n) is 6.30. The zero-order valence-corrected chi connectivity index (χ0v) is 17.8. The molecule has 2 aromatic rings.